The molecule has 0 bridgehead atoms. The fourth-order valence-corrected chi connectivity index (χ4v) is 10.1. The van der Waals surface area contributed by atoms with E-state index in [9.17, 15) is 9.18 Å². The van der Waals surface area contributed by atoms with Crippen molar-refractivity contribution in [2.24, 2.45) is 0 Å². The molecule has 0 amide bonds. The summed E-state index contributed by atoms with van der Waals surface area (Å²) in [5.41, 5.74) is 1.35. The number of fused-ring (bicyclic) bond motifs is 1. The molecule has 45 heavy (non-hydrogen) atoms. The molecule has 0 fully saturated rings. The largest absolute Gasteiger partial charge is 0.466 e. The van der Waals surface area contributed by atoms with Crippen LogP contribution in [-0.2, 0) is 18.7 Å². The fourth-order valence-electron chi connectivity index (χ4n) is 5.54. The third-order valence-corrected chi connectivity index (χ3v) is 12.8. The highest BCUT2D eigenvalue weighted by molar-refractivity contribution is 6.99. The molecule has 0 N–H and O–H groups in total. The number of hydrogen-bond donors (Lipinski definition) is 0. The van der Waals surface area contributed by atoms with Crippen molar-refractivity contribution in [2.75, 3.05) is 26.9 Å². The molecule has 0 aliphatic heterocycles. The number of carbonyl (C=O) groups excluding carboxylic acids is 1. The zero-order valence-corrected chi connectivity index (χ0v) is 27.1. The molecule has 9 nitrogen and oxygen atoms in total. The molecule has 11 heteroatoms. The first-order valence-corrected chi connectivity index (χ1v) is 16.6. The van der Waals surface area contributed by atoms with Crippen LogP contribution in [-0.4, -0.2) is 67.1 Å². The van der Waals surface area contributed by atoms with Crippen LogP contribution >= 0.6 is 0 Å². The van der Waals surface area contributed by atoms with E-state index in [0.29, 0.717) is 28.9 Å². The molecule has 0 spiro atoms. The van der Waals surface area contributed by atoms with Gasteiger partial charge in [0, 0.05) is 5.56 Å². The average molecular weight is 629 g/mol. The van der Waals surface area contributed by atoms with E-state index in [-0.39, 0.29) is 29.9 Å². The van der Waals surface area contributed by atoms with E-state index < -0.39 is 20.4 Å². The Kier molecular flexibility index (Phi) is 9.71. The molecule has 0 saturated heterocycles. The van der Waals surface area contributed by atoms with Gasteiger partial charge in [0.15, 0.2) is 5.65 Å². The second-order valence-corrected chi connectivity index (χ2v) is 15.9. The molecule has 0 saturated carbocycles. The standard InChI is InChI=1S/C34H37FN4O5Si/c1-24-28(35)17-12-18-29(24)39-31-27(21-38-39)32(37-23-36-31)44-30(33(40)41-5)22-42-19-20-43-45(34(2,3)4,25-13-8-6-9-14-25)26-15-10-7-11-16-26/h6-18,21,23,30H,19-20,22H2,1-5H3. The van der Waals surface area contributed by atoms with Crippen molar-refractivity contribution in [3.63, 3.8) is 0 Å². The van der Waals surface area contributed by atoms with Crippen LogP contribution in [0.4, 0.5) is 4.39 Å². The molecule has 2 heterocycles. The van der Waals surface area contributed by atoms with Crippen molar-refractivity contribution in [1.82, 2.24) is 19.7 Å². The van der Waals surface area contributed by atoms with Gasteiger partial charge in [-0.15, -0.1) is 0 Å². The number of hydrogen-bond acceptors (Lipinski definition) is 8. The minimum atomic E-state index is -2.73. The first kappa shape index (κ1) is 32.0. The third kappa shape index (κ3) is 6.51. The smallest absolute Gasteiger partial charge is 0.349 e. The molecule has 5 rings (SSSR count). The first-order valence-electron chi connectivity index (χ1n) is 14.7. The second kappa shape index (κ2) is 13.7. The number of aromatic nitrogens is 4. The van der Waals surface area contributed by atoms with Gasteiger partial charge < -0.3 is 18.6 Å². The van der Waals surface area contributed by atoms with Crippen LogP contribution in [0.1, 0.15) is 26.3 Å². The lowest BCUT2D eigenvalue weighted by Crippen LogP contribution is -2.66. The van der Waals surface area contributed by atoms with Crippen LogP contribution in [0.2, 0.25) is 5.04 Å². The Balaban J connectivity index is 1.32. The van der Waals surface area contributed by atoms with Crippen LogP contribution in [0.15, 0.2) is 91.4 Å². The summed E-state index contributed by atoms with van der Waals surface area (Å²) in [4.78, 5) is 21.3. The fraction of sp³-hybridized carbons (Fsp3) is 0.294. The number of methoxy groups -OCH3 is 1. The molecular formula is C34H37FN4O5Si. The highest BCUT2D eigenvalue weighted by Gasteiger charge is 2.50. The number of halogens is 1. The minimum absolute atomic E-state index is 0.0978. The maximum atomic E-state index is 14.2. The maximum absolute atomic E-state index is 14.2. The predicted octanol–water partition coefficient (Wildman–Crippen LogP) is 4.78. The van der Waals surface area contributed by atoms with Crippen molar-refractivity contribution >= 4 is 35.7 Å². The summed E-state index contributed by atoms with van der Waals surface area (Å²) < 4.78 is 39.6. The number of rotatable bonds is 12. The van der Waals surface area contributed by atoms with Gasteiger partial charge in [-0.3, -0.25) is 0 Å². The molecule has 0 aliphatic carbocycles. The SMILES string of the molecule is COC(=O)C(COCCO[Si](c1ccccc1)(c1ccccc1)C(C)(C)C)Oc1ncnc2c1cnn2-c1cccc(F)c1C. The molecule has 234 valence electrons. The Bertz CT molecular complexity index is 1710. The number of ether oxygens (including phenoxy) is 3. The van der Waals surface area contributed by atoms with Crippen molar-refractivity contribution in [3.05, 3.63) is 103 Å². The Morgan fingerprint density at radius 1 is 0.933 bits per heavy atom. The third-order valence-electron chi connectivity index (χ3n) is 7.75. The average Bonchev–Trinajstić information content (AvgIpc) is 3.48. The van der Waals surface area contributed by atoms with Crippen LogP contribution in [0.3, 0.4) is 0 Å². The van der Waals surface area contributed by atoms with Crippen LogP contribution in [0.25, 0.3) is 16.7 Å². The molecule has 3 aromatic carbocycles. The highest BCUT2D eigenvalue weighted by atomic mass is 28.4. The van der Waals surface area contributed by atoms with E-state index >= 15 is 0 Å². The molecule has 1 atom stereocenters. The lowest BCUT2D eigenvalue weighted by Gasteiger charge is -2.43. The number of carbonyl (C=O) groups is 1. The maximum Gasteiger partial charge on any atom is 0.349 e. The van der Waals surface area contributed by atoms with E-state index in [1.807, 2.05) is 36.4 Å². The van der Waals surface area contributed by atoms with E-state index in [2.05, 4.69) is 60.1 Å². The normalized spacial score (nSPS) is 12.7. The van der Waals surface area contributed by atoms with Gasteiger partial charge in [-0.25, -0.2) is 23.8 Å². The van der Waals surface area contributed by atoms with Gasteiger partial charge in [0.2, 0.25) is 12.0 Å². The van der Waals surface area contributed by atoms with E-state index in [1.54, 1.807) is 19.1 Å². The van der Waals surface area contributed by atoms with Crippen LogP contribution in [0.5, 0.6) is 5.88 Å². The van der Waals surface area contributed by atoms with Gasteiger partial charge in [0.25, 0.3) is 8.32 Å². The van der Waals surface area contributed by atoms with Crippen molar-refractivity contribution in [3.8, 4) is 11.6 Å². The van der Waals surface area contributed by atoms with E-state index in [1.165, 1.54) is 40.8 Å². The second-order valence-electron chi connectivity index (χ2n) is 11.6. The summed E-state index contributed by atoms with van der Waals surface area (Å²) >= 11 is 0. The Labute approximate surface area is 263 Å². The Morgan fingerprint density at radius 2 is 1.60 bits per heavy atom. The Hall–Kier alpha value is -4.45. The summed E-state index contributed by atoms with van der Waals surface area (Å²) in [5, 5.41) is 6.99. The van der Waals surface area contributed by atoms with Gasteiger partial charge >= 0.3 is 5.97 Å². The topological polar surface area (TPSA) is 97.6 Å². The van der Waals surface area contributed by atoms with Gasteiger partial charge in [0.1, 0.15) is 17.5 Å². The lowest BCUT2D eigenvalue weighted by molar-refractivity contribution is -0.152. The van der Waals surface area contributed by atoms with Crippen LogP contribution < -0.4 is 15.1 Å². The molecule has 2 aromatic heterocycles. The van der Waals surface area contributed by atoms with Crippen LogP contribution in [0, 0.1) is 12.7 Å². The van der Waals surface area contributed by atoms with Gasteiger partial charge in [-0.2, -0.15) is 5.10 Å². The van der Waals surface area contributed by atoms with Crippen molar-refractivity contribution in [1.29, 1.82) is 0 Å². The zero-order chi connectivity index (χ0) is 32.0. The monoisotopic (exact) mass is 628 g/mol. The number of nitrogens with zero attached hydrogens (tertiary/aromatic N) is 4. The van der Waals surface area contributed by atoms with Crippen molar-refractivity contribution < 1.29 is 27.8 Å². The first-order chi connectivity index (χ1) is 21.7. The van der Waals surface area contributed by atoms with E-state index in [0.717, 1.165) is 0 Å². The summed E-state index contributed by atoms with van der Waals surface area (Å²) in [5.74, 6) is -0.852. The quantitative estimate of drug-likeness (QED) is 0.111. The highest BCUT2D eigenvalue weighted by Crippen LogP contribution is 2.36. The van der Waals surface area contributed by atoms with Gasteiger partial charge in [-0.05, 0) is 34.5 Å². The summed E-state index contributed by atoms with van der Waals surface area (Å²) in [6.45, 7) is 8.72. The minimum Gasteiger partial charge on any atom is -0.466 e. The summed E-state index contributed by atoms with van der Waals surface area (Å²) in [6.07, 6.45) is 1.71. The predicted molar refractivity (Wildman–Crippen MR) is 172 cm³/mol. The Morgan fingerprint density at radius 3 is 2.22 bits per heavy atom. The molecule has 0 aliphatic rings. The molecular weight excluding hydrogens is 591 g/mol. The van der Waals surface area contributed by atoms with Crippen molar-refractivity contribution in [2.45, 2.75) is 38.8 Å². The number of benzene rings is 3. The lowest BCUT2D eigenvalue weighted by atomic mass is 10.2. The molecule has 5 aromatic rings. The zero-order valence-electron chi connectivity index (χ0n) is 26.1. The number of esters is 1. The van der Waals surface area contributed by atoms with E-state index in [4.69, 9.17) is 18.6 Å². The summed E-state index contributed by atoms with van der Waals surface area (Å²) in [7, 11) is -1.45. The molecule has 1 unspecified atom stereocenters. The van der Waals surface area contributed by atoms with Gasteiger partial charge in [-0.1, -0.05) is 87.5 Å². The molecule has 0 radical (unpaired) electrons. The van der Waals surface area contributed by atoms with Gasteiger partial charge in [0.05, 0.1) is 38.8 Å². The summed E-state index contributed by atoms with van der Waals surface area (Å²) in [6, 6.07) is 25.4.